The van der Waals surface area contributed by atoms with Gasteiger partial charge in [-0.15, -0.1) is 0 Å². The fourth-order valence-corrected chi connectivity index (χ4v) is 2.49. The second-order valence-corrected chi connectivity index (χ2v) is 5.83. The van der Waals surface area contributed by atoms with Crippen molar-refractivity contribution in [1.82, 2.24) is 4.98 Å². The zero-order valence-electron chi connectivity index (χ0n) is 9.93. The molecule has 2 rings (SSSR count). The number of hydrogen-bond donors (Lipinski definition) is 1. The Morgan fingerprint density at radius 2 is 2.11 bits per heavy atom. The van der Waals surface area contributed by atoms with Crippen LogP contribution in [0, 0.1) is 5.92 Å². The molecule has 0 atom stereocenters. The van der Waals surface area contributed by atoms with E-state index in [1.165, 1.54) is 6.20 Å². The number of nitrogens with zero attached hydrogens (tertiary/aromatic N) is 1. The molecule has 1 amide bonds. The van der Waals surface area contributed by atoms with Gasteiger partial charge in [0.1, 0.15) is 5.15 Å². The first-order valence-electron chi connectivity index (χ1n) is 5.87. The molecule has 1 aromatic heterocycles. The average molecular weight is 354 g/mol. The molecule has 0 aliphatic heterocycles. The van der Waals surface area contributed by atoms with Crippen LogP contribution in [0.25, 0.3) is 0 Å². The van der Waals surface area contributed by atoms with Crippen molar-refractivity contribution in [3.8, 4) is 0 Å². The van der Waals surface area contributed by atoms with Crippen LogP contribution in [0.1, 0.15) is 25.7 Å². The first-order chi connectivity index (χ1) is 8.87. The van der Waals surface area contributed by atoms with Gasteiger partial charge >= 0.3 is 0 Å². The standard InChI is InChI=1S/C12H12BrClF2N2O/c13-9-5-8(6-17-10(9)14)18-11(19)7-1-3-12(15,16)4-2-7/h5-7H,1-4H2,(H,18,19). The van der Waals surface area contributed by atoms with Crippen LogP contribution in [0.5, 0.6) is 0 Å². The van der Waals surface area contributed by atoms with Gasteiger partial charge in [-0.25, -0.2) is 13.8 Å². The number of amides is 1. The molecular formula is C12H12BrClF2N2O. The lowest BCUT2D eigenvalue weighted by atomic mass is 9.86. The van der Waals surface area contributed by atoms with Gasteiger partial charge < -0.3 is 5.32 Å². The molecule has 0 radical (unpaired) electrons. The zero-order valence-corrected chi connectivity index (χ0v) is 12.3. The predicted molar refractivity (Wildman–Crippen MR) is 72.5 cm³/mol. The molecule has 0 saturated heterocycles. The maximum Gasteiger partial charge on any atom is 0.248 e. The molecule has 7 heteroatoms. The van der Waals surface area contributed by atoms with E-state index in [1.54, 1.807) is 6.07 Å². The summed E-state index contributed by atoms with van der Waals surface area (Å²) in [5, 5.41) is 2.97. The number of aromatic nitrogens is 1. The summed E-state index contributed by atoms with van der Waals surface area (Å²) in [4.78, 5) is 15.8. The minimum atomic E-state index is -2.62. The number of rotatable bonds is 2. The van der Waals surface area contributed by atoms with Crippen LogP contribution in [0.2, 0.25) is 5.15 Å². The van der Waals surface area contributed by atoms with E-state index in [0.29, 0.717) is 15.3 Å². The quantitative estimate of drug-likeness (QED) is 0.807. The Kier molecular flexibility index (Phi) is 4.40. The van der Waals surface area contributed by atoms with Crippen molar-refractivity contribution in [2.24, 2.45) is 5.92 Å². The van der Waals surface area contributed by atoms with Crippen LogP contribution >= 0.6 is 27.5 Å². The van der Waals surface area contributed by atoms with Crippen LogP contribution in [-0.4, -0.2) is 16.8 Å². The Balaban J connectivity index is 1.96. The van der Waals surface area contributed by atoms with E-state index in [4.69, 9.17) is 11.6 Å². The number of carbonyl (C=O) groups excluding carboxylic acids is 1. The van der Waals surface area contributed by atoms with Crippen molar-refractivity contribution >= 4 is 39.1 Å². The van der Waals surface area contributed by atoms with E-state index in [-0.39, 0.29) is 37.5 Å². The van der Waals surface area contributed by atoms with Crippen LogP contribution in [0.15, 0.2) is 16.7 Å². The SMILES string of the molecule is O=C(Nc1cnc(Cl)c(Br)c1)C1CCC(F)(F)CC1. The first kappa shape index (κ1) is 14.7. The molecule has 1 heterocycles. The highest BCUT2D eigenvalue weighted by Gasteiger charge is 2.37. The summed E-state index contributed by atoms with van der Waals surface area (Å²) in [6, 6.07) is 1.63. The fraction of sp³-hybridized carbons (Fsp3) is 0.500. The van der Waals surface area contributed by atoms with E-state index in [1.807, 2.05) is 0 Å². The summed E-state index contributed by atoms with van der Waals surface area (Å²) in [5.74, 6) is -3.23. The largest absolute Gasteiger partial charge is 0.324 e. The van der Waals surface area contributed by atoms with Gasteiger partial charge in [-0.1, -0.05) is 11.6 Å². The van der Waals surface area contributed by atoms with Gasteiger partial charge in [-0.05, 0) is 34.8 Å². The number of alkyl halides is 2. The summed E-state index contributed by atoms with van der Waals surface area (Å²) < 4.78 is 26.6. The fourth-order valence-electron chi connectivity index (χ4n) is 2.04. The number of pyridine rings is 1. The van der Waals surface area contributed by atoms with Gasteiger partial charge in [-0.3, -0.25) is 4.79 Å². The highest BCUT2D eigenvalue weighted by molar-refractivity contribution is 9.10. The van der Waals surface area contributed by atoms with Gasteiger partial charge in [0, 0.05) is 18.8 Å². The van der Waals surface area contributed by atoms with Crippen molar-refractivity contribution in [1.29, 1.82) is 0 Å². The van der Waals surface area contributed by atoms with Crippen LogP contribution in [-0.2, 0) is 4.79 Å². The normalized spacial score (nSPS) is 19.2. The highest BCUT2D eigenvalue weighted by atomic mass is 79.9. The Morgan fingerprint density at radius 3 is 2.68 bits per heavy atom. The predicted octanol–water partition coefficient (Wildman–Crippen LogP) is 4.26. The van der Waals surface area contributed by atoms with Crippen LogP contribution in [0.4, 0.5) is 14.5 Å². The van der Waals surface area contributed by atoms with Crippen LogP contribution in [0.3, 0.4) is 0 Å². The second kappa shape index (κ2) is 5.71. The Morgan fingerprint density at radius 1 is 1.47 bits per heavy atom. The smallest absolute Gasteiger partial charge is 0.248 e. The summed E-state index contributed by atoms with van der Waals surface area (Å²) >= 11 is 8.95. The topological polar surface area (TPSA) is 42.0 Å². The zero-order chi connectivity index (χ0) is 14.0. The third-order valence-electron chi connectivity index (χ3n) is 3.15. The van der Waals surface area contributed by atoms with E-state index in [0.717, 1.165) is 0 Å². The van der Waals surface area contributed by atoms with Gasteiger partial charge in [0.25, 0.3) is 0 Å². The van der Waals surface area contributed by atoms with Crippen LogP contribution < -0.4 is 5.32 Å². The molecule has 0 bridgehead atoms. The van der Waals surface area contributed by atoms with E-state index < -0.39 is 5.92 Å². The van der Waals surface area contributed by atoms with Gasteiger partial charge in [0.05, 0.1) is 16.4 Å². The molecule has 0 spiro atoms. The summed E-state index contributed by atoms with van der Waals surface area (Å²) in [7, 11) is 0. The molecule has 1 saturated carbocycles. The van der Waals surface area contributed by atoms with E-state index in [9.17, 15) is 13.6 Å². The molecule has 1 aliphatic rings. The highest BCUT2D eigenvalue weighted by Crippen LogP contribution is 2.36. The van der Waals surface area contributed by atoms with Gasteiger partial charge in [0.15, 0.2) is 0 Å². The number of hydrogen-bond acceptors (Lipinski definition) is 2. The molecule has 1 N–H and O–H groups in total. The number of anilines is 1. The van der Waals surface area contributed by atoms with Crippen molar-refractivity contribution in [3.63, 3.8) is 0 Å². The molecule has 1 aliphatic carbocycles. The average Bonchev–Trinajstić information content (AvgIpc) is 2.33. The molecule has 104 valence electrons. The number of nitrogens with one attached hydrogen (secondary N) is 1. The summed E-state index contributed by atoms with van der Waals surface area (Å²) in [6.45, 7) is 0. The number of halogens is 4. The summed E-state index contributed by atoms with van der Waals surface area (Å²) in [5.41, 5.74) is 0.499. The van der Waals surface area contributed by atoms with E-state index >= 15 is 0 Å². The minimum Gasteiger partial charge on any atom is -0.324 e. The summed E-state index contributed by atoms with van der Waals surface area (Å²) in [6.07, 6.45) is 1.39. The second-order valence-electron chi connectivity index (χ2n) is 4.62. The molecule has 0 aromatic carbocycles. The van der Waals surface area contributed by atoms with Gasteiger partial charge in [-0.2, -0.15) is 0 Å². The van der Waals surface area contributed by atoms with E-state index in [2.05, 4.69) is 26.2 Å². The Labute approximate surface area is 122 Å². The lowest BCUT2D eigenvalue weighted by Crippen LogP contribution is -2.31. The minimum absolute atomic E-state index is 0.209. The molecule has 1 fully saturated rings. The molecule has 1 aromatic rings. The van der Waals surface area contributed by atoms with Crippen molar-refractivity contribution in [2.45, 2.75) is 31.6 Å². The maximum atomic E-state index is 13.0. The van der Waals surface area contributed by atoms with Crippen molar-refractivity contribution in [2.75, 3.05) is 5.32 Å². The maximum absolute atomic E-state index is 13.0. The van der Waals surface area contributed by atoms with Crippen molar-refractivity contribution < 1.29 is 13.6 Å². The molecule has 3 nitrogen and oxygen atoms in total. The first-order valence-corrected chi connectivity index (χ1v) is 7.04. The Hall–Kier alpha value is -0.750. The Bertz CT molecular complexity index is 489. The third-order valence-corrected chi connectivity index (χ3v) is 4.29. The lowest BCUT2D eigenvalue weighted by Gasteiger charge is -2.27. The van der Waals surface area contributed by atoms with Gasteiger partial charge in [0.2, 0.25) is 11.8 Å². The lowest BCUT2D eigenvalue weighted by molar-refractivity contribution is -0.124. The molecular weight excluding hydrogens is 341 g/mol. The molecule has 19 heavy (non-hydrogen) atoms. The molecule has 0 unspecified atom stereocenters. The van der Waals surface area contributed by atoms with Crippen molar-refractivity contribution in [3.05, 3.63) is 21.9 Å². The number of carbonyl (C=O) groups is 1. The third kappa shape index (κ3) is 3.86. The monoisotopic (exact) mass is 352 g/mol.